The lowest BCUT2D eigenvalue weighted by atomic mass is 9.70. The maximum Gasteiger partial charge on any atom is 0.302 e. The van der Waals surface area contributed by atoms with Gasteiger partial charge >= 0.3 is 5.97 Å². The van der Waals surface area contributed by atoms with Crippen molar-refractivity contribution in [2.75, 3.05) is 0 Å². The molecule has 4 atom stereocenters. The molecule has 0 amide bonds. The molecule has 0 saturated heterocycles. The van der Waals surface area contributed by atoms with E-state index in [-0.39, 0.29) is 17.5 Å². The summed E-state index contributed by atoms with van der Waals surface area (Å²) in [4.78, 5) is 11.2. The number of hydrogen-bond donors (Lipinski definition) is 0. The summed E-state index contributed by atoms with van der Waals surface area (Å²) < 4.78 is 5.56. The zero-order valence-electron chi connectivity index (χ0n) is 10.5. The number of ether oxygens (including phenoxy) is 1. The molecule has 4 unspecified atom stereocenters. The van der Waals surface area contributed by atoms with E-state index in [1.54, 1.807) is 0 Å². The van der Waals surface area contributed by atoms with Crippen LogP contribution in [0.25, 0.3) is 0 Å². The number of esters is 1. The van der Waals surface area contributed by atoms with Gasteiger partial charge < -0.3 is 4.74 Å². The van der Waals surface area contributed by atoms with Crippen molar-refractivity contribution in [2.45, 2.75) is 53.6 Å². The van der Waals surface area contributed by atoms with Gasteiger partial charge in [0.2, 0.25) is 0 Å². The van der Waals surface area contributed by atoms with Crippen LogP contribution in [0.15, 0.2) is 0 Å². The van der Waals surface area contributed by atoms with E-state index in [2.05, 4.69) is 27.7 Å². The van der Waals surface area contributed by atoms with Crippen molar-refractivity contribution >= 4 is 5.97 Å². The van der Waals surface area contributed by atoms with Gasteiger partial charge in [-0.05, 0) is 30.1 Å². The molecule has 2 heteroatoms. The predicted molar refractivity (Wildman–Crippen MR) is 59.3 cm³/mol. The quantitative estimate of drug-likeness (QED) is 0.622. The number of fused-ring (bicyclic) bond motifs is 2. The summed E-state index contributed by atoms with van der Waals surface area (Å²) in [6, 6.07) is 0. The lowest BCUT2D eigenvalue weighted by Gasteiger charge is -2.39. The molecule has 0 heterocycles. The maximum atomic E-state index is 11.2. The van der Waals surface area contributed by atoms with Crippen LogP contribution in [0.4, 0.5) is 0 Å². The van der Waals surface area contributed by atoms with Gasteiger partial charge in [0.25, 0.3) is 0 Å². The third-order valence-corrected chi connectivity index (χ3v) is 5.41. The van der Waals surface area contributed by atoms with Crippen molar-refractivity contribution in [3.63, 3.8) is 0 Å². The third kappa shape index (κ3) is 1.20. The van der Waals surface area contributed by atoms with Crippen LogP contribution in [0.5, 0.6) is 0 Å². The fourth-order valence-electron chi connectivity index (χ4n) is 4.20. The zero-order valence-corrected chi connectivity index (χ0v) is 10.5. The van der Waals surface area contributed by atoms with Crippen molar-refractivity contribution in [3.05, 3.63) is 0 Å². The van der Waals surface area contributed by atoms with E-state index < -0.39 is 0 Å². The molecule has 2 aliphatic rings. The minimum absolute atomic E-state index is 0.128. The molecular weight excluding hydrogens is 188 g/mol. The Hall–Kier alpha value is -0.530. The van der Waals surface area contributed by atoms with Gasteiger partial charge in [0.15, 0.2) is 0 Å². The molecule has 0 aromatic heterocycles. The highest BCUT2D eigenvalue weighted by molar-refractivity contribution is 5.66. The molecule has 0 spiro atoms. The molecule has 2 bridgehead atoms. The molecule has 0 aromatic carbocycles. The standard InChI is InChI=1S/C13H22O2/c1-8-10-6-7-13(5,12(10,3)4)11(8)15-9(2)14/h8,10-11H,6-7H2,1-5H3. The number of hydrogen-bond acceptors (Lipinski definition) is 2. The monoisotopic (exact) mass is 210 g/mol. The molecule has 0 N–H and O–H groups in total. The Balaban J connectivity index is 2.32. The van der Waals surface area contributed by atoms with Crippen LogP contribution in [-0.2, 0) is 9.53 Å². The molecule has 0 radical (unpaired) electrons. The Labute approximate surface area is 92.4 Å². The van der Waals surface area contributed by atoms with Gasteiger partial charge in [0, 0.05) is 12.3 Å². The summed E-state index contributed by atoms with van der Waals surface area (Å²) in [7, 11) is 0. The molecule has 0 aromatic rings. The summed E-state index contributed by atoms with van der Waals surface area (Å²) in [5.41, 5.74) is 0.495. The average molecular weight is 210 g/mol. The van der Waals surface area contributed by atoms with Crippen LogP contribution in [0.3, 0.4) is 0 Å². The Morgan fingerprint density at radius 1 is 1.33 bits per heavy atom. The highest BCUT2D eigenvalue weighted by Gasteiger charge is 2.66. The molecule has 2 rings (SSSR count). The normalized spacial score (nSPS) is 46.9. The van der Waals surface area contributed by atoms with Gasteiger partial charge in [-0.1, -0.05) is 27.7 Å². The van der Waals surface area contributed by atoms with Gasteiger partial charge in [-0.25, -0.2) is 0 Å². The van der Waals surface area contributed by atoms with Crippen molar-refractivity contribution in [1.29, 1.82) is 0 Å². The lowest BCUT2D eigenvalue weighted by Crippen LogP contribution is -2.40. The van der Waals surface area contributed by atoms with Crippen LogP contribution in [0.1, 0.15) is 47.5 Å². The second-order valence-electron chi connectivity index (χ2n) is 6.17. The second-order valence-corrected chi connectivity index (χ2v) is 6.17. The first-order valence-corrected chi connectivity index (χ1v) is 5.98. The van der Waals surface area contributed by atoms with Crippen LogP contribution < -0.4 is 0 Å². The van der Waals surface area contributed by atoms with Gasteiger partial charge in [-0.3, -0.25) is 4.79 Å². The highest BCUT2D eigenvalue weighted by Crippen LogP contribution is 2.68. The Morgan fingerprint density at radius 3 is 2.33 bits per heavy atom. The van der Waals surface area contributed by atoms with Gasteiger partial charge in [0.05, 0.1) is 0 Å². The van der Waals surface area contributed by atoms with E-state index in [1.807, 2.05) is 0 Å². The van der Waals surface area contributed by atoms with Crippen molar-refractivity contribution in [3.8, 4) is 0 Å². The summed E-state index contributed by atoms with van der Waals surface area (Å²) in [6.45, 7) is 10.7. The molecule has 2 aliphatic carbocycles. The lowest BCUT2D eigenvalue weighted by molar-refractivity contribution is -0.157. The summed E-state index contributed by atoms with van der Waals surface area (Å²) in [5.74, 6) is 1.10. The number of carbonyl (C=O) groups excluding carboxylic acids is 1. The fourth-order valence-corrected chi connectivity index (χ4v) is 4.20. The molecule has 0 aliphatic heterocycles. The van der Waals surface area contributed by atoms with Crippen LogP contribution >= 0.6 is 0 Å². The molecule has 2 nitrogen and oxygen atoms in total. The Morgan fingerprint density at radius 2 is 1.93 bits per heavy atom. The van der Waals surface area contributed by atoms with Crippen LogP contribution in [-0.4, -0.2) is 12.1 Å². The zero-order chi connectivity index (χ0) is 11.4. The van der Waals surface area contributed by atoms with Crippen LogP contribution in [0, 0.1) is 22.7 Å². The molecule has 2 saturated carbocycles. The average Bonchev–Trinajstić information content (AvgIpc) is 2.39. The second kappa shape index (κ2) is 2.99. The SMILES string of the molecule is CC(=O)OC1C(C)C2CCC1(C)C2(C)C. The smallest absolute Gasteiger partial charge is 0.302 e. The van der Waals surface area contributed by atoms with E-state index >= 15 is 0 Å². The topological polar surface area (TPSA) is 26.3 Å². The molecule has 15 heavy (non-hydrogen) atoms. The molecule has 86 valence electrons. The van der Waals surface area contributed by atoms with Crippen LogP contribution in [0.2, 0.25) is 0 Å². The minimum Gasteiger partial charge on any atom is -0.462 e. The maximum absolute atomic E-state index is 11.2. The summed E-state index contributed by atoms with van der Waals surface area (Å²) in [5, 5.41) is 0. The van der Waals surface area contributed by atoms with E-state index in [0.29, 0.717) is 17.3 Å². The van der Waals surface area contributed by atoms with Crippen molar-refractivity contribution < 1.29 is 9.53 Å². The van der Waals surface area contributed by atoms with E-state index in [0.717, 1.165) is 0 Å². The van der Waals surface area contributed by atoms with E-state index in [1.165, 1.54) is 19.8 Å². The van der Waals surface area contributed by atoms with Gasteiger partial charge in [-0.15, -0.1) is 0 Å². The summed E-state index contributed by atoms with van der Waals surface area (Å²) >= 11 is 0. The Kier molecular flexibility index (Phi) is 2.19. The first kappa shape index (κ1) is 11.0. The molecule has 2 fully saturated rings. The van der Waals surface area contributed by atoms with Gasteiger partial charge in [0.1, 0.15) is 6.10 Å². The van der Waals surface area contributed by atoms with E-state index in [4.69, 9.17) is 4.74 Å². The number of rotatable bonds is 1. The first-order valence-electron chi connectivity index (χ1n) is 5.98. The fraction of sp³-hybridized carbons (Fsp3) is 0.923. The first-order chi connectivity index (χ1) is 6.80. The molecular formula is C13H22O2. The van der Waals surface area contributed by atoms with Crippen molar-refractivity contribution in [1.82, 2.24) is 0 Å². The largest absolute Gasteiger partial charge is 0.462 e. The predicted octanol–water partition coefficient (Wildman–Crippen LogP) is 3.01. The highest BCUT2D eigenvalue weighted by atomic mass is 16.5. The third-order valence-electron chi connectivity index (χ3n) is 5.41. The van der Waals surface area contributed by atoms with Crippen molar-refractivity contribution in [2.24, 2.45) is 22.7 Å². The van der Waals surface area contributed by atoms with Gasteiger partial charge in [-0.2, -0.15) is 0 Å². The van der Waals surface area contributed by atoms with E-state index in [9.17, 15) is 4.79 Å². The Bertz CT molecular complexity index is 295. The summed E-state index contributed by atoms with van der Waals surface area (Å²) in [6.07, 6.45) is 2.62. The number of carbonyl (C=O) groups is 1. The minimum atomic E-state index is -0.128.